The van der Waals surface area contributed by atoms with Crippen molar-refractivity contribution in [2.24, 2.45) is 0 Å². The van der Waals surface area contributed by atoms with Gasteiger partial charge < -0.3 is 0 Å². The molecule has 0 spiro atoms. The van der Waals surface area contributed by atoms with Gasteiger partial charge in [-0.2, -0.15) is 0 Å². The summed E-state index contributed by atoms with van der Waals surface area (Å²) in [6.07, 6.45) is 5.61. The standard InChI is InChI=1S/C29H31N7O/c1-3-4-12-26-21(2)35(19-17-22-9-6-5-7-10-22)29(37)36(26)20-23-13-15-24(16-14-23)25-11-8-18-30-27(25)28-31-33-34-32-28/h5-11,13-16,18H,3-4,12,17,19-20H2,1-2H3,(H,31,32,33,34). The number of H-pyrrole nitrogens is 1. The maximum absolute atomic E-state index is 13.6. The Kier molecular flexibility index (Phi) is 7.35. The minimum Gasteiger partial charge on any atom is -0.296 e. The van der Waals surface area contributed by atoms with Crippen LogP contribution in [0.25, 0.3) is 22.6 Å². The highest BCUT2D eigenvalue weighted by atomic mass is 16.1. The molecule has 8 heteroatoms. The molecule has 0 unspecified atom stereocenters. The van der Waals surface area contributed by atoms with Crippen molar-refractivity contribution in [2.75, 3.05) is 0 Å². The Balaban J connectivity index is 1.42. The Hall–Kier alpha value is -4.33. The van der Waals surface area contributed by atoms with Gasteiger partial charge in [-0.15, -0.1) is 5.10 Å². The van der Waals surface area contributed by atoms with E-state index in [0.717, 1.165) is 53.8 Å². The van der Waals surface area contributed by atoms with Gasteiger partial charge in [-0.1, -0.05) is 74.0 Å². The molecule has 0 aliphatic heterocycles. The van der Waals surface area contributed by atoms with Gasteiger partial charge in [-0.05, 0) is 59.4 Å². The molecule has 0 bridgehead atoms. The lowest BCUT2D eigenvalue weighted by molar-refractivity contribution is 0.620. The highest BCUT2D eigenvalue weighted by Gasteiger charge is 2.17. The summed E-state index contributed by atoms with van der Waals surface area (Å²) in [7, 11) is 0. The summed E-state index contributed by atoms with van der Waals surface area (Å²) in [6, 6.07) is 22.5. The second-order valence-corrected chi connectivity index (χ2v) is 9.24. The van der Waals surface area contributed by atoms with E-state index in [0.29, 0.717) is 24.6 Å². The van der Waals surface area contributed by atoms with E-state index in [1.165, 1.54) is 5.56 Å². The van der Waals surface area contributed by atoms with Crippen LogP contribution in [-0.2, 0) is 25.9 Å². The van der Waals surface area contributed by atoms with Gasteiger partial charge in [0.15, 0.2) is 5.82 Å². The summed E-state index contributed by atoms with van der Waals surface area (Å²) in [6.45, 7) is 5.49. The van der Waals surface area contributed by atoms with Gasteiger partial charge in [0.2, 0.25) is 0 Å². The van der Waals surface area contributed by atoms with Gasteiger partial charge in [-0.25, -0.2) is 9.89 Å². The predicted octanol–water partition coefficient (Wildman–Crippen LogP) is 4.83. The number of hydrogen-bond acceptors (Lipinski definition) is 5. The van der Waals surface area contributed by atoms with Crippen molar-refractivity contribution in [3.05, 3.63) is 106 Å². The van der Waals surface area contributed by atoms with Crippen molar-refractivity contribution < 1.29 is 0 Å². The van der Waals surface area contributed by atoms with E-state index >= 15 is 0 Å². The number of hydrogen-bond donors (Lipinski definition) is 1. The van der Waals surface area contributed by atoms with Crippen molar-refractivity contribution >= 4 is 0 Å². The third-order valence-electron chi connectivity index (χ3n) is 6.83. The van der Waals surface area contributed by atoms with Crippen molar-refractivity contribution in [2.45, 2.75) is 52.6 Å². The lowest BCUT2D eigenvalue weighted by Gasteiger charge is -2.10. The molecule has 0 aliphatic carbocycles. The van der Waals surface area contributed by atoms with Crippen molar-refractivity contribution in [1.29, 1.82) is 0 Å². The number of imidazole rings is 1. The average Bonchev–Trinajstić information content (AvgIpc) is 3.55. The Bertz CT molecular complexity index is 1500. The van der Waals surface area contributed by atoms with E-state index < -0.39 is 0 Å². The molecule has 37 heavy (non-hydrogen) atoms. The molecule has 5 rings (SSSR count). The first-order chi connectivity index (χ1) is 18.2. The largest absolute Gasteiger partial charge is 0.328 e. The molecule has 188 valence electrons. The first kappa shape index (κ1) is 24.4. The summed E-state index contributed by atoms with van der Waals surface area (Å²) in [5, 5.41) is 14.2. The van der Waals surface area contributed by atoms with Crippen LogP contribution in [0, 0.1) is 6.92 Å². The van der Waals surface area contributed by atoms with Gasteiger partial charge in [0.05, 0.1) is 6.54 Å². The zero-order valence-electron chi connectivity index (χ0n) is 21.3. The van der Waals surface area contributed by atoms with Crippen molar-refractivity contribution in [1.82, 2.24) is 34.7 Å². The Labute approximate surface area is 216 Å². The van der Waals surface area contributed by atoms with Gasteiger partial charge in [0.25, 0.3) is 0 Å². The highest BCUT2D eigenvalue weighted by Crippen LogP contribution is 2.28. The van der Waals surface area contributed by atoms with Gasteiger partial charge in [0, 0.05) is 29.7 Å². The molecule has 5 aromatic rings. The molecule has 0 fully saturated rings. The topological polar surface area (TPSA) is 94.3 Å². The first-order valence-electron chi connectivity index (χ1n) is 12.8. The van der Waals surface area contributed by atoms with Crippen LogP contribution in [0.2, 0.25) is 0 Å². The van der Waals surface area contributed by atoms with E-state index in [1.54, 1.807) is 6.20 Å². The molecule has 8 nitrogen and oxygen atoms in total. The molecular formula is C29H31N7O. The monoisotopic (exact) mass is 493 g/mol. The molecule has 2 aromatic carbocycles. The Morgan fingerprint density at radius 3 is 2.43 bits per heavy atom. The van der Waals surface area contributed by atoms with Crippen molar-refractivity contribution in [3.63, 3.8) is 0 Å². The predicted molar refractivity (Wildman–Crippen MR) is 144 cm³/mol. The second-order valence-electron chi connectivity index (χ2n) is 9.24. The molecule has 0 atom stereocenters. The number of aryl methyl sites for hydroxylation is 1. The lowest BCUT2D eigenvalue weighted by atomic mass is 10.0. The lowest BCUT2D eigenvalue weighted by Crippen LogP contribution is -2.26. The molecular weight excluding hydrogens is 462 g/mol. The SMILES string of the molecule is CCCCc1c(C)n(CCc2ccccc2)c(=O)n1Cc1ccc(-c2cccnc2-c2nnn[nH]2)cc1. The number of nitrogens with one attached hydrogen (secondary N) is 1. The van der Waals surface area contributed by atoms with Crippen LogP contribution in [0.5, 0.6) is 0 Å². The quantitative estimate of drug-likeness (QED) is 0.301. The van der Waals surface area contributed by atoms with E-state index in [1.807, 2.05) is 39.5 Å². The fourth-order valence-electron chi connectivity index (χ4n) is 4.79. The normalized spacial score (nSPS) is 11.2. The number of benzene rings is 2. The molecule has 0 amide bonds. The first-order valence-corrected chi connectivity index (χ1v) is 12.8. The summed E-state index contributed by atoms with van der Waals surface area (Å²) in [4.78, 5) is 18.0. The van der Waals surface area contributed by atoms with Gasteiger partial charge >= 0.3 is 5.69 Å². The smallest absolute Gasteiger partial charge is 0.296 e. The maximum Gasteiger partial charge on any atom is 0.328 e. The average molecular weight is 494 g/mol. The zero-order chi connectivity index (χ0) is 25.6. The van der Waals surface area contributed by atoms with E-state index in [-0.39, 0.29) is 5.69 Å². The maximum atomic E-state index is 13.6. The van der Waals surface area contributed by atoms with Gasteiger partial charge in [0.1, 0.15) is 5.69 Å². The summed E-state index contributed by atoms with van der Waals surface area (Å²) in [5.41, 5.74) is 7.25. The number of tetrazole rings is 1. The summed E-state index contributed by atoms with van der Waals surface area (Å²) in [5.74, 6) is 0.527. The molecule has 0 saturated carbocycles. The number of nitrogens with zero attached hydrogens (tertiary/aromatic N) is 6. The third-order valence-corrected chi connectivity index (χ3v) is 6.83. The van der Waals surface area contributed by atoms with Crippen LogP contribution < -0.4 is 5.69 Å². The minimum atomic E-state index is 0.0657. The number of aromatic nitrogens is 7. The molecule has 0 aliphatic rings. The molecule has 0 saturated heterocycles. The minimum absolute atomic E-state index is 0.0657. The number of unbranched alkanes of at least 4 members (excludes halogenated alkanes) is 1. The highest BCUT2D eigenvalue weighted by molar-refractivity contribution is 5.77. The van der Waals surface area contributed by atoms with Crippen LogP contribution in [0.3, 0.4) is 0 Å². The third kappa shape index (κ3) is 5.28. The number of rotatable bonds is 10. The second kappa shape index (κ2) is 11.2. The van der Waals surface area contributed by atoms with Crippen LogP contribution >= 0.6 is 0 Å². The number of aromatic amines is 1. The Morgan fingerprint density at radius 2 is 1.70 bits per heavy atom. The number of pyridine rings is 1. The van der Waals surface area contributed by atoms with Crippen LogP contribution in [0.1, 0.15) is 42.3 Å². The summed E-state index contributed by atoms with van der Waals surface area (Å²) >= 11 is 0. The van der Waals surface area contributed by atoms with E-state index in [4.69, 9.17) is 0 Å². The Morgan fingerprint density at radius 1 is 0.892 bits per heavy atom. The molecule has 1 N–H and O–H groups in total. The fraction of sp³-hybridized carbons (Fsp3) is 0.276. The molecule has 0 radical (unpaired) electrons. The van der Waals surface area contributed by atoms with Gasteiger partial charge in [-0.3, -0.25) is 14.1 Å². The summed E-state index contributed by atoms with van der Waals surface area (Å²) < 4.78 is 3.90. The zero-order valence-corrected chi connectivity index (χ0v) is 21.3. The van der Waals surface area contributed by atoms with Crippen LogP contribution in [-0.4, -0.2) is 34.7 Å². The molecule has 3 heterocycles. The van der Waals surface area contributed by atoms with Crippen LogP contribution in [0.4, 0.5) is 0 Å². The van der Waals surface area contributed by atoms with Crippen molar-refractivity contribution in [3.8, 4) is 22.6 Å². The van der Waals surface area contributed by atoms with E-state index in [9.17, 15) is 4.79 Å². The molecule has 3 aromatic heterocycles. The fourth-order valence-corrected chi connectivity index (χ4v) is 4.79. The van der Waals surface area contributed by atoms with Crippen LogP contribution in [0.15, 0.2) is 77.7 Å². The van der Waals surface area contributed by atoms with E-state index in [2.05, 4.69) is 75.9 Å².